The summed E-state index contributed by atoms with van der Waals surface area (Å²) in [6.45, 7) is 1.43. The predicted octanol–water partition coefficient (Wildman–Crippen LogP) is 5.54. The highest BCUT2D eigenvalue weighted by molar-refractivity contribution is 7.22. The van der Waals surface area contributed by atoms with Crippen LogP contribution in [0.15, 0.2) is 36.4 Å². The number of methoxy groups -OCH3 is 2. The molecule has 2 aromatic carbocycles. The summed E-state index contributed by atoms with van der Waals surface area (Å²) in [7, 11) is 3.19. The molecule has 2 heterocycles. The maximum atomic E-state index is 12.5. The van der Waals surface area contributed by atoms with E-state index in [0.717, 1.165) is 5.52 Å². The first kappa shape index (κ1) is 24.9. The van der Waals surface area contributed by atoms with Gasteiger partial charge in [0.25, 0.3) is 0 Å². The van der Waals surface area contributed by atoms with Crippen LogP contribution in [0.4, 0.5) is 24.3 Å². The fourth-order valence-corrected chi connectivity index (χ4v) is 4.47. The van der Waals surface area contributed by atoms with Gasteiger partial charge in [-0.1, -0.05) is 11.3 Å². The SMILES string of the molecule is COCCCC(=O)c1ccc2c(c1)nc(Nc1nc3ccc(OC(F)(F)F)cc3s1)n2CCOC. The van der Waals surface area contributed by atoms with Gasteiger partial charge < -0.3 is 24.1 Å². The zero-order valence-electron chi connectivity index (χ0n) is 19.0. The van der Waals surface area contributed by atoms with Crippen LogP contribution in [-0.4, -0.2) is 54.1 Å². The third-order valence-electron chi connectivity index (χ3n) is 5.15. The Hall–Kier alpha value is -3.22. The number of aromatic nitrogens is 3. The van der Waals surface area contributed by atoms with Crippen LogP contribution in [0.5, 0.6) is 5.75 Å². The number of alkyl halides is 3. The van der Waals surface area contributed by atoms with Gasteiger partial charge in [0.15, 0.2) is 10.9 Å². The molecule has 1 N–H and O–H groups in total. The number of Topliss-reactive ketones (excluding diaryl/α,β-unsaturated/α-hetero) is 1. The molecule has 2 aromatic heterocycles. The number of benzene rings is 2. The molecule has 0 saturated carbocycles. The molecule has 35 heavy (non-hydrogen) atoms. The molecule has 0 atom stereocenters. The van der Waals surface area contributed by atoms with Gasteiger partial charge in [-0.25, -0.2) is 9.97 Å². The predicted molar refractivity (Wildman–Crippen MR) is 127 cm³/mol. The van der Waals surface area contributed by atoms with Crippen LogP contribution in [0.1, 0.15) is 23.2 Å². The van der Waals surface area contributed by atoms with Gasteiger partial charge in [-0.2, -0.15) is 0 Å². The van der Waals surface area contributed by atoms with E-state index in [2.05, 4.69) is 20.0 Å². The van der Waals surface area contributed by atoms with Crippen LogP contribution in [0.25, 0.3) is 21.3 Å². The maximum absolute atomic E-state index is 12.5. The largest absolute Gasteiger partial charge is 0.573 e. The smallest absolute Gasteiger partial charge is 0.406 e. The van der Waals surface area contributed by atoms with E-state index in [9.17, 15) is 18.0 Å². The van der Waals surface area contributed by atoms with Crippen molar-refractivity contribution in [1.29, 1.82) is 0 Å². The summed E-state index contributed by atoms with van der Waals surface area (Å²) in [5.74, 6) is 0.176. The molecule has 0 unspecified atom stereocenters. The number of halogens is 3. The molecule has 0 aliphatic rings. The molecule has 186 valence electrons. The highest BCUT2D eigenvalue weighted by Crippen LogP contribution is 2.33. The number of carbonyl (C=O) groups is 1. The van der Waals surface area contributed by atoms with Gasteiger partial charge in [0.1, 0.15) is 5.75 Å². The lowest BCUT2D eigenvalue weighted by Crippen LogP contribution is -2.16. The molecule has 4 rings (SSSR count). The summed E-state index contributed by atoms with van der Waals surface area (Å²) >= 11 is 1.17. The number of fused-ring (bicyclic) bond motifs is 2. The fourth-order valence-electron chi connectivity index (χ4n) is 3.58. The monoisotopic (exact) mass is 508 g/mol. The van der Waals surface area contributed by atoms with Crippen molar-refractivity contribution in [3.8, 4) is 5.75 Å². The second kappa shape index (κ2) is 10.6. The van der Waals surface area contributed by atoms with Gasteiger partial charge in [-0.05, 0) is 36.8 Å². The number of anilines is 2. The Bertz CT molecular complexity index is 1340. The minimum Gasteiger partial charge on any atom is -0.406 e. The fraction of sp³-hybridized carbons (Fsp3) is 0.348. The van der Waals surface area contributed by atoms with E-state index >= 15 is 0 Å². The zero-order chi connectivity index (χ0) is 25.0. The van der Waals surface area contributed by atoms with E-state index in [1.807, 2.05) is 10.6 Å². The number of nitrogens with zero attached hydrogens (tertiary/aromatic N) is 3. The number of rotatable bonds is 11. The first-order chi connectivity index (χ1) is 16.8. The van der Waals surface area contributed by atoms with Crippen LogP contribution >= 0.6 is 11.3 Å². The molecule has 0 bridgehead atoms. The molecule has 4 aromatic rings. The molecule has 0 spiro atoms. The molecule has 0 amide bonds. The Morgan fingerprint density at radius 3 is 2.60 bits per heavy atom. The van der Waals surface area contributed by atoms with Crippen molar-refractivity contribution in [3.05, 3.63) is 42.0 Å². The van der Waals surface area contributed by atoms with E-state index in [1.165, 1.54) is 29.5 Å². The van der Waals surface area contributed by atoms with Crippen molar-refractivity contribution in [2.45, 2.75) is 25.7 Å². The van der Waals surface area contributed by atoms with Gasteiger partial charge >= 0.3 is 6.36 Å². The van der Waals surface area contributed by atoms with Crippen LogP contribution in [0.3, 0.4) is 0 Å². The molecule has 12 heteroatoms. The van der Waals surface area contributed by atoms with Crippen LogP contribution in [0.2, 0.25) is 0 Å². The molecular formula is C23H23F3N4O4S. The zero-order valence-corrected chi connectivity index (χ0v) is 19.8. The third-order valence-corrected chi connectivity index (χ3v) is 6.09. The van der Waals surface area contributed by atoms with Gasteiger partial charge in [-0.3, -0.25) is 4.79 Å². The normalized spacial score (nSPS) is 11.9. The summed E-state index contributed by atoms with van der Waals surface area (Å²) in [5, 5.41) is 3.61. The standard InChI is InChI=1S/C23H23F3N4O4S/c1-32-10-3-4-19(31)14-5-8-18-17(12-14)27-21(30(18)9-11-33-2)29-22-28-16-7-6-15(13-20(16)35-22)34-23(24,25)26/h5-8,12-13H,3-4,9-11H2,1-2H3,(H,27,28,29). The molecule has 0 fully saturated rings. The number of ether oxygens (including phenoxy) is 3. The third kappa shape index (κ3) is 6.08. The molecular weight excluding hydrogens is 485 g/mol. The summed E-state index contributed by atoms with van der Waals surface area (Å²) in [6.07, 6.45) is -3.76. The molecule has 0 aliphatic heterocycles. The van der Waals surface area contributed by atoms with E-state index < -0.39 is 6.36 Å². The van der Waals surface area contributed by atoms with Gasteiger partial charge in [0, 0.05) is 45.4 Å². The second-order valence-corrected chi connectivity index (χ2v) is 8.65. The maximum Gasteiger partial charge on any atom is 0.573 e. The Labute approximate surface area is 202 Å². The first-order valence-corrected chi connectivity index (χ1v) is 11.5. The number of hydrogen-bond donors (Lipinski definition) is 1. The lowest BCUT2D eigenvalue weighted by molar-refractivity contribution is -0.274. The van der Waals surface area contributed by atoms with Crippen LogP contribution in [-0.2, 0) is 16.0 Å². The van der Waals surface area contributed by atoms with Crippen molar-refractivity contribution in [1.82, 2.24) is 14.5 Å². The summed E-state index contributed by atoms with van der Waals surface area (Å²) in [6, 6.07) is 9.34. The lowest BCUT2D eigenvalue weighted by atomic mass is 10.1. The van der Waals surface area contributed by atoms with Crippen LogP contribution in [0, 0.1) is 0 Å². The lowest BCUT2D eigenvalue weighted by Gasteiger charge is -2.09. The number of hydrogen-bond acceptors (Lipinski definition) is 8. The van der Waals surface area contributed by atoms with Gasteiger partial charge in [-0.15, -0.1) is 13.2 Å². The number of imidazole rings is 1. The highest BCUT2D eigenvalue weighted by atomic mass is 32.1. The Morgan fingerprint density at radius 1 is 1.06 bits per heavy atom. The summed E-state index contributed by atoms with van der Waals surface area (Å²) < 4.78 is 54.3. The average molecular weight is 509 g/mol. The number of carbonyl (C=O) groups excluding carboxylic acids is 1. The molecule has 0 saturated heterocycles. The van der Waals surface area contributed by atoms with E-state index in [0.29, 0.717) is 65.0 Å². The minimum absolute atomic E-state index is 0.00736. The Balaban J connectivity index is 1.62. The quantitative estimate of drug-likeness (QED) is 0.210. The van der Waals surface area contributed by atoms with Crippen molar-refractivity contribution >= 4 is 49.4 Å². The van der Waals surface area contributed by atoms with Crippen LogP contribution < -0.4 is 10.1 Å². The minimum atomic E-state index is -4.77. The second-order valence-electron chi connectivity index (χ2n) is 7.62. The summed E-state index contributed by atoms with van der Waals surface area (Å²) in [5.41, 5.74) is 2.52. The van der Waals surface area contributed by atoms with E-state index in [4.69, 9.17) is 9.47 Å². The molecule has 0 radical (unpaired) electrons. The van der Waals surface area contributed by atoms with Crippen molar-refractivity contribution in [2.75, 3.05) is 32.8 Å². The van der Waals surface area contributed by atoms with Crippen molar-refractivity contribution < 1.29 is 32.2 Å². The molecule has 8 nitrogen and oxygen atoms in total. The van der Waals surface area contributed by atoms with E-state index in [-0.39, 0.29) is 11.5 Å². The summed E-state index contributed by atoms with van der Waals surface area (Å²) in [4.78, 5) is 21.6. The number of thiazole rings is 1. The Kier molecular flexibility index (Phi) is 7.53. The number of nitrogens with one attached hydrogen (secondary N) is 1. The van der Waals surface area contributed by atoms with Crippen molar-refractivity contribution in [2.24, 2.45) is 0 Å². The van der Waals surface area contributed by atoms with Crippen molar-refractivity contribution in [3.63, 3.8) is 0 Å². The molecule has 0 aliphatic carbocycles. The Morgan fingerprint density at radius 2 is 1.86 bits per heavy atom. The van der Waals surface area contributed by atoms with E-state index in [1.54, 1.807) is 26.4 Å². The average Bonchev–Trinajstić information content (AvgIpc) is 3.36. The number of ketones is 1. The highest BCUT2D eigenvalue weighted by Gasteiger charge is 2.31. The topological polar surface area (TPSA) is 87.5 Å². The van der Waals surface area contributed by atoms with Gasteiger partial charge in [0.05, 0.1) is 27.9 Å². The van der Waals surface area contributed by atoms with Gasteiger partial charge in [0.2, 0.25) is 5.95 Å². The first-order valence-electron chi connectivity index (χ1n) is 10.7.